The number of amides is 1. The molecule has 0 bridgehead atoms. The van der Waals surface area contributed by atoms with Crippen molar-refractivity contribution in [1.82, 2.24) is 24.4 Å². The van der Waals surface area contributed by atoms with E-state index in [0.29, 0.717) is 12.5 Å². The number of imidazole rings is 1. The van der Waals surface area contributed by atoms with Crippen LogP contribution in [0.5, 0.6) is 0 Å². The smallest absolute Gasteiger partial charge is 0.242 e. The average molecular weight is 342 g/mol. The maximum atomic E-state index is 12.4. The number of carbonyl (C=O) groups excluding carboxylic acids is 1. The molecule has 0 radical (unpaired) electrons. The van der Waals surface area contributed by atoms with Gasteiger partial charge < -0.3 is 14.4 Å². The topological polar surface area (TPSA) is 67.2 Å². The molecular weight excluding hydrogens is 316 g/mol. The van der Waals surface area contributed by atoms with Gasteiger partial charge in [0.1, 0.15) is 12.4 Å². The van der Waals surface area contributed by atoms with Gasteiger partial charge in [-0.1, -0.05) is 0 Å². The minimum atomic E-state index is 0.175. The van der Waals surface area contributed by atoms with Crippen molar-refractivity contribution >= 4 is 11.7 Å². The van der Waals surface area contributed by atoms with Gasteiger partial charge in [-0.2, -0.15) is 0 Å². The number of likely N-dealkylation sites (tertiary alicyclic amines) is 1. The summed E-state index contributed by atoms with van der Waals surface area (Å²) < 4.78 is 1.83. The molecule has 0 aliphatic carbocycles. The molecule has 1 saturated heterocycles. The number of rotatable bonds is 5. The van der Waals surface area contributed by atoms with Crippen LogP contribution in [0.2, 0.25) is 0 Å². The highest BCUT2D eigenvalue weighted by molar-refractivity contribution is 5.76. The Morgan fingerprint density at radius 2 is 2.12 bits per heavy atom. The summed E-state index contributed by atoms with van der Waals surface area (Å²) in [7, 11) is 3.93. The van der Waals surface area contributed by atoms with Crippen molar-refractivity contribution < 1.29 is 4.79 Å². The van der Waals surface area contributed by atoms with Gasteiger partial charge in [0.05, 0.1) is 24.4 Å². The minimum Gasteiger partial charge on any atom is -0.361 e. The van der Waals surface area contributed by atoms with Crippen LogP contribution >= 0.6 is 0 Å². The molecular formula is C18H26N6O. The molecule has 134 valence electrons. The van der Waals surface area contributed by atoms with Crippen molar-refractivity contribution in [3.63, 3.8) is 0 Å². The van der Waals surface area contributed by atoms with E-state index < -0.39 is 0 Å². The third-order valence-corrected chi connectivity index (χ3v) is 4.73. The van der Waals surface area contributed by atoms with Crippen LogP contribution in [0.15, 0.2) is 31.1 Å². The van der Waals surface area contributed by atoms with Gasteiger partial charge >= 0.3 is 0 Å². The summed E-state index contributed by atoms with van der Waals surface area (Å²) in [5.74, 6) is 1.61. The first kappa shape index (κ1) is 17.4. The van der Waals surface area contributed by atoms with E-state index in [2.05, 4.69) is 15.0 Å². The highest BCUT2D eigenvalue weighted by Gasteiger charge is 2.21. The molecule has 25 heavy (non-hydrogen) atoms. The molecule has 0 N–H and O–H groups in total. The second-order valence-electron chi connectivity index (χ2n) is 6.88. The monoisotopic (exact) mass is 342 g/mol. The number of hydrogen-bond donors (Lipinski definition) is 0. The van der Waals surface area contributed by atoms with Gasteiger partial charge in [-0.15, -0.1) is 0 Å². The molecule has 0 aromatic carbocycles. The van der Waals surface area contributed by atoms with Crippen LogP contribution in [0.25, 0.3) is 0 Å². The lowest BCUT2D eigenvalue weighted by molar-refractivity contribution is -0.131. The van der Waals surface area contributed by atoms with Crippen LogP contribution in [0.4, 0.5) is 5.82 Å². The second-order valence-corrected chi connectivity index (χ2v) is 6.88. The predicted octanol–water partition coefficient (Wildman–Crippen LogP) is 1.61. The van der Waals surface area contributed by atoms with Crippen molar-refractivity contribution in [3.8, 4) is 0 Å². The number of hydrogen-bond acceptors (Lipinski definition) is 5. The van der Waals surface area contributed by atoms with Crippen molar-refractivity contribution in [2.45, 2.75) is 32.2 Å². The van der Waals surface area contributed by atoms with E-state index in [1.165, 1.54) is 0 Å². The van der Waals surface area contributed by atoms with Gasteiger partial charge in [-0.25, -0.2) is 9.97 Å². The third kappa shape index (κ3) is 4.78. The maximum absolute atomic E-state index is 12.4. The van der Waals surface area contributed by atoms with Gasteiger partial charge in [0.25, 0.3) is 0 Å². The second kappa shape index (κ2) is 8.09. The molecule has 7 nitrogen and oxygen atoms in total. The fourth-order valence-electron chi connectivity index (χ4n) is 3.24. The van der Waals surface area contributed by atoms with Crippen LogP contribution in [0.3, 0.4) is 0 Å². The van der Waals surface area contributed by atoms with Crippen LogP contribution in [0, 0.1) is 5.92 Å². The van der Waals surface area contributed by atoms with E-state index in [0.717, 1.165) is 50.3 Å². The van der Waals surface area contributed by atoms with Gasteiger partial charge in [-0.3, -0.25) is 9.78 Å². The van der Waals surface area contributed by atoms with E-state index in [-0.39, 0.29) is 5.91 Å². The molecule has 1 unspecified atom stereocenters. The Morgan fingerprint density at radius 3 is 2.80 bits per heavy atom. The van der Waals surface area contributed by atoms with Crippen molar-refractivity contribution in [2.75, 3.05) is 32.1 Å². The molecule has 1 atom stereocenters. The molecule has 1 aliphatic heterocycles. The number of anilines is 1. The predicted molar refractivity (Wildman–Crippen MR) is 96.2 cm³/mol. The zero-order chi connectivity index (χ0) is 17.6. The van der Waals surface area contributed by atoms with Gasteiger partial charge in [-0.05, 0) is 31.6 Å². The van der Waals surface area contributed by atoms with Crippen LogP contribution in [0.1, 0.15) is 25.0 Å². The molecule has 1 aliphatic rings. The zero-order valence-electron chi connectivity index (χ0n) is 15.0. The first-order valence-electron chi connectivity index (χ1n) is 8.83. The van der Waals surface area contributed by atoms with Gasteiger partial charge in [0.2, 0.25) is 5.91 Å². The molecule has 2 aromatic rings. The Kier molecular flexibility index (Phi) is 5.63. The minimum absolute atomic E-state index is 0.175. The van der Waals surface area contributed by atoms with Crippen LogP contribution in [-0.2, 0) is 17.8 Å². The number of carbonyl (C=O) groups is 1. The normalized spacial score (nSPS) is 18.0. The van der Waals surface area contributed by atoms with Crippen molar-refractivity contribution in [2.24, 2.45) is 5.92 Å². The van der Waals surface area contributed by atoms with Gasteiger partial charge in [0, 0.05) is 39.6 Å². The highest BCUT2D eigenvalue weighted by Crippen LogP contribution is 2.21. The molecule has 7 heteroatoms. The van der Waals surface area contributed by atoms with E-state index >= 15 is 0 Å². The summed E-state index contributed by atoms with van der Waals surface area (Å²) in [4.78, 5) is 29.3. The molecule has 0 saturated carbocycles. The summed E-state index contributed by atoms with van der Waals surface area (Å²) >= 11 is 0. The molecule has 1 amide bonds. The van der Waals surface area contributed by atoms with Gasteiger partial charge in [0.15, 0.2) is 0 Å². The van der Waals surface area contributed by atoms with Crippen molar-refractivity contribution in [1.29, 1.82) is 0 Å². The third-order valence-electron chi connectivity index (χ3n) is 4.73. The lowest BCUT2D eigenvalue weighted by Crippen LogP contribution is -2.34. The summed E-state index contributed by atoms with van der Waals surface area (Å²) in [6.07, 6.45) is 13.1. The van der Waals surface area contributed by atoms with E-state index in [1.807, 2.05) is 47.1 Å². The maximum Gasteiger partial charge on any atom is 0.242 e. The Balaban J connectivity index is 1.51. The molecule has 0 spiro atoms. The fraction of sp³-hybridized carbons (Fsp3) is 0.556. The zero-order valence-corrected chi connectivity index (χ0v) is 15.0. The quantitative estimate of drug-likeness (QED) is 0.826. The summed E-state index contributed by atoms with van der Waals surface area (Å²) in [5.41, 5.74) is 1.04. The SMILES string of the molecule is CN(C)c1cnc(CC2CCCN(C(=O)Cn3ccnc3)CC2)cn1. The molecule has 1 fully saturated rings. The lowest BCUT2D eigenvalue weighted by atomic mass is 9.95. The number of aromatic nitrogens is 4. The largest absolute Gasteiger partial charge is 0.361 e. The first-order valence-corrected chi connectivity index (χ1v) is 8.83. The number of nitrogens with zero attached hydrogens (tertiary/aromatic N) is 6. The van der Waals surface area contributed by atoms with E-state index in [9.17, 15) is 4.79 Å². The summed E-state index contributed by atoms with van der Waals surface area (Å²) in [6.45, 7) is 2.04. The highest BCUT2D eigenvalue weighted by atomic mass is 16.2. The first-order chi connectivity index (χ1) is 12.1. The Labute approximate surface area is 148 Å². The summed E-state index contributed by atoms with van der Waals surface area (Å²) in [6, 6.07) is 0. The Morgan fingerprint density at radius 1 is 1.24 bits per heavy atom. The van der Waals surface area contributed by atoms with Crippen LogP contribution in [-0.4, -0.2) is 57.5 Å². The van der Waals surface area contributed by atoms with Crippen molar-refractivity contribution in [3.05, 3.63) is 36.8 Å². The molecule has 2 aromatic heterocycles. The van der Waals surface area contributed by atoms with E-state index in [1.54, 1.807) is 12.5 Å². The van der Waals surface area contributed by atoms with E-state index in [4.69, 9.17) is 0 Å². The Hall–Kier alpha value is -2.44. The average Bonchev–Trinajstić information content (AvgIpc) is 2.99. The van der Waals surface area contributed by atoms with Crippen LogP contribution < -0.4 is 4.90 Å². The standard InChI is InChI=1S/C18H26N6O/c1-22(2)17-12-20-16(11-21-17)10-15-4-3-7-24(8-5-15)18(25)13-23-9-6-19-14-23/h6,9,11-12,14-15H,3-5,7-8,10,13H2,1-2H3. The molecule has 3 rings (SSSR count). The molecule has 3 heterocycles. The Bertz CT molecular complexity index is 667. The summed E-state index contributed by atoms with van der Waals surface area (Å²) in [5, 5.41) is 0. The fourth-order valence-corrected chi connectivity index (χ4v) is 3.24. The lowest BCUT2D eigenvalue weighted by Gasteiger charge is -2.21.